The highest BCUT2D eigenvalue weighted by molar-refractivity contribution is 4.56. The topological polar surface area (TPSA) is 35.5 Å². The molecule has 0 saturated heterocycles. The molecule has 0 radical (unpaired) electrons. The lowest BCUT2D eigenvalue weighted by molar-refractivity contribution is 0.174. The molecule has 0 rings (SSSR count). The fourth-order valence-electron chi connectivity index (χ4n) is 1.34. The van der Waals surface area contributed by atoms with Crippen LogP contribution in [0.25, 0.3) is 0 Å². The fraction of sp³-hybridized carbons (Fsp3) is 1.00. The lowest BCUT2D eigenvalue weighted by Crippen LogP contribution is -2.30. The third kappa shape index (κ3) is 9.96. The average molecular weight is 202 g/mol. The Labute approximate surface area is 88.5 Å². The van der Waals surface area contributed by atoms with Gasteiger partial charge in [-0.3, -0.25) is 0 Å². The highest BCUT2D eigenvalue weighted by atomic mass is 16.3. The molecule has 2 N–H and O–H groups in total. The molecule has 0 aromatic carbocycles. The van der Waals surface area contributed by atoms with E-state index in [9.17, 15) is 0 Å². The van der Waals surface area contributed by atoms with E-state index >= 15 is 0 Å². The Balaban J connectivity index is 3.15. The number of aliphatic hydroxyl groups is 1. The van der Waals surface area contributed by atoms with E-state index in [1.165, 1.54) is 6.42 Å². The fourth-order valence-corrected chi connectivity index (χ4v) is 1.34. The second-order valence-corrected chi connectivity index (χ2v) is 4.04. The summed E-state index contributed by atoms with van der Waals surface area (Å²) in [5.41, 5.74) is 0. The van der Waals surface area contributed by atoms with Gasteiger partial charge in [0.1, 0.15) is 0 Å². The minimum atomic E-state index is -0.151. The highest BCUT2D eigenvalue weighted by Crippen LogP contribution is 1.96. The molecule has 0 bridgehead atoms. The maximum absolute atomic E-state index is 9.08. The lowest BCUT2D eigenvalue weighted by atomic mass is 10.2. The molecule has 0 aliphatic carbocycles. The molecule has 0 aromatic heterocycles. The first-order chi connectivity index (χ1) is 6.66. The molecular formula is C11H26N2O. The zero-order chi connectivity index (χ0) is 10.8. The van der Waals surface area contributed by atoms with Crippen LogP contribution in [0.4, 0.5) is 0 Å². The third-order valence-corrected chi connectivity index (χ3v) is 2.26. The van der Waals surface area contributed by atoms with Crippen LogP contribution in [-0.4, -0.2) is 49.3 Å². The van der Waals surface area contributed by atoms with Crippen LogP contribution in [0.15, 0.2) is 0 Å². The largest absolute Gasteiger partial charge is 0.393 e. The van der Waals surface area contributed by atoms with Crippen molar-refractivity contribution in [3.05, 3.63) is 0 Å². The Hall–Kier alpha value is -0.120. The molecule has 3 nitrogen and oxygen atoms in total. The van der Waals surface area contributed by atoms with Gasteiger partial charge in [0, 0.05) is 13.1 Å². The molecular weight excluding hydrogens is 176 g/mol. The van der Waals surface area contributed by atoms with Gasteiger partial charge in [-0.25, -0.2) is 0 Å². The van der Waals surface area contributed by atoms with E-state index in [-0.39, 0.29) is 6.10 Å². The summed E-state index contributed by atoms with van der Waals surface area (Å²) in [6, 6.07) is 0. The van der Waals surface area contributed by atoms with Gasteiger partial charge in [-0.1, -0.05) is 6.92 Å². The molecule has 0 aromatic rings. The van der Waals surface area contributed by atoms with Gasteiger partial charge in [0.15, 0.2) is 0 Å². The first kappa shape index (κ1) is 13.9. The number of hydrogen-bond acceptors (Lipinski definition) is 3. The summed E-state index contributed by atoms with van der Waals surface area (Å²) in [5.74, 6) is 0. The quantitative estimate of drug-likeness (QED) is 0.549. The summed E-state index contributed by atoms with van der Waals surface area (Å²) in [4.78, 5) is 2.31. The zero-order valence-electron chi connectivity index (χ0n) is 9.92. The van der Waals surface area contributed by atoms with Crippen LogP contribution in [0, 0.1) is 0 Å². The van der Waals surface area contributed by atoms with Crippen LogP contribution >= 0.6 is 0 Å². The van der Waals surface area contributed by atoms with E-state index < -0.39 is 0 Å². The highest BCUT2D eigenvalue weighted by Gasteiger charge is 1.99. The van der Waals surface area contributed by atoms with Crippen LogP contribution in [0.2, 0.25) is 0 Å². The van der Waals surface area contributed by atoms with Crippen molar-refractivity contribution >= 4 is 0 Å². The van der Waals surface area contributed by atoms with E-state index in [1.807, 2.05) is 6.92 Å². The Bertz CT molecular complexity index is 118. The molecule has 0 amide bonds. The van der Waals surface area contributed by atoms with E-state index in [4.69, 9.17) is 5.11 Å². The third-order valence-electron chi connectivity index (χ3n) is 2.26. The Morgan fingerprint density at radius 2 is 2.00 bits per heavy atom. The van der Waals surface area contributed by atoms with Crippen molar-refractivity contribution in [2.24, 2.45) is 0 Å². The summed E-state index contributed by atoms with van der Waals surface area (Å²) in [6.45, 7) is 8.39. The number of hydrogen-bond donors (Lipinski definition) is 2. The van der Waals surface area contributed by atoms with Crippen molar-refractivity contribution < 1.29 is 5.11 Å². The van der Waals surface area contributed by atoms with Crippen molar-refractivity contribution in [3.63, 3.8) is 0 Å². The Morgan fingerprint density at radius 3 is 2.57 bits per heavy atom. The molecule has 0 aliphatic heterocycles. The molecule has 14 heavy (non-hydrogen) atoms. The van der Waals surface area contributed by atoms with Crippen LogP contribution in [0.5, 0.6) is 0 Å². The zero-order valence-corrected chi connectivity index (χ0v) is 9.92. The van der Waals surface area contributed by atoms with Gasteiger partial charge >= 0.3 is 0 Å². The summed E-state index contributed by atoms with van der Waals surface area (Å²) in [6.07, 6.45) is 3.04. The number of nitrogens with zero attached hydrogens (tertiary/aromatic N) is 1. The van der Waals surface area contributed by atoms with E-state index in [2.05, 4.69) is 24.2 Å². The van der Waals surface area contributed by atoms with Gasteiger partial charge in [-0.2, -0.15) is 0 Å². The molecule has 0 spiro atoms. The van der Waals surface area contributed by atoms with E-state index in [1.54, 1.807) is 0 Å². The SMILES string of the molecule is CCCNCCN(C)CCCC(C)O. The molecule has 0 saturated carbocycles. The molecule has 1 atom stereocenters. The van der Waals surface area contributed by atoms with Crippen molar-refractivity contribution in [2.45, 2.75) is 39.2 Å². The summed E-state index contributed by atoms with van der Waals surface area (Å²) in [7, 11) is 2.13. The number of nitrogens with one attached hydrogen (secondary N) is 1. The predicted octanol–water partition coefficient (Wildman–Crippen LogP) is 1.08. The van der Waals surface area contributed by atoms with Gasteiger partial charge < -0.3 is 15.3 Å². The smallest absolute Gasteiger partial charge is 0.0512 e. The monoisotopic (exact) mass is 202 g/mol. The van der Waals surface area contributed by atoms with Gasteiger partial charge in [0.2, 0.25) is 0 Å². The first-order valence-electron chi connectivity index (χ1n) is 5.74. The Morgan fingerprint density at radius 1 is 1.29 bits per heavy atom. The lowest BCUT2D eigenvalue weighted by Gasteiger charge is -2.17. The normalized spacial score (nSPS) is 13.5. The second kappa shape index (κ2) is 9.44. The molecule has 0 fully saturated rings. The van der Waals surface area contributed by atoms with Gasteiger partial charge in [0.25, 0.3) is 0 Å². The average Bonchev–Trinajstić information content (AvgIpc) is 2.12. The minimum Gasteiger partial charge on any atom is -0.393 e. The van der Waals surface area contributed by atoms with Crippen LogP contribution < -0.4 is 5.32 Å². The maximum Gasteiger partial charge on any atom is 0.0512 e. The van der Waals surface area contributed by atoms with Gasteiger partial charge in [-0.05, 0) is 46.3 Å². The van der Waals surface area contributed by atoms with Gasteiger partial charge in [-0.15, -0.1) is 0 Å². The summed E-state index contributed by atoms with van der Waals surface area (Å²) in [5, 5.41) is 12.5. The van der Waals surface area contributed by atoms with Gasteiger partial charge in [0.05, 0.1) is 6.10 Å². The van der Waals surface area contributed by atoms with Crippen molar-refractivity contribution in [2.75, 3.05) is 33.2 Å². The standard InChI is InChI=1S/C11H26N2O/c1-4-7-12-8-10-13(3)9-5-6-11(2)14/h11-12,14H,4-10H2,1-3H3. The van der Waals surface area contributed by atoms with Crippen molar-refractivity contribution in [1.29, 1.82) is 0 Å². The second-order valence-electron chi connectivity index (χ2n) is 4.04. The molecule has 1 unspecified atom stereocenters. The summed E-state index contributed by atoms with van der Waals surface area (Å²) >= 11 is 0. The molecule has 86 valence electrons. The predicted molar refractivity (Wildman–Crippen MR) is 61.6 cm³/mol. The van der Waals surface area contributed by atoms with Crippen LogP contribution in [0.3, 0.4) is 0 Å². The minimum absolute atomic E-state index is 0.151. The molecule has 3 heteroatoms. The van der Waals surface area contributed by atoms with E-state index in [0.29, 0.717) is 0 Å². The number of aliphatic hydroxyl groups excluding tert-OH is 1. The van der Waals surface area contributed by atoms with Crippen molar-refractivity contribution in [1.82, 2.24) is 10.2 Å². The first-order valence-corrected chi connectivity index (χ1v) is 5.74. The number of likely N-dealkylation sites (N-methyl/N-ethyl adjacent to an activating group) is 1. The number of rotatable bonds is 9. The van der Waals surface area contributed by atoms with E-state index in [0.717, 1.165) is 39.0 Å². The van der Waals surface area contributed by atoms with Crippen LogP contribution in [0.1, 0.15) is 33.1 Å². The Kier molecular flexibility index (Phi) is 9.35. The molecule has 0 heterocycles. The van der Waals surface area contributed by atoms with Crippen molar-refractivity contribution in [3.8, 4) is 0 Å². The maximum atomic E-state index is 9.08. The summed E-state index contributed by atoms with van der Waals surface area (Å²) < 4.78 is 0. The molecule has 0 aliphatic rings. The van der Waals surface area contributed by atoms with Crippen LogP contribution in [-0.2, 0) is 0 Å².